The molecule has 0 aromatic carbocycles. The van der Waals surface area contributed by atoms with Crippen LogP contribution < -0.4 is 0 Å². The minimum absolute atomic E-state index is 0.158. The molecule has 4 aliphatic rings. The molecular weight excluding hydrogens is 641 g/mol. The molecule has 0 saturated heterocycles. The normalized spacial score (nSPS) is 31.2. The number of carbonyl (C=O) groups is 1. The van der Waals surface area contributed by atoms with Crippen LogP contribution >= 0.6 is 0 Å². The van der Waals surface area contributed by atoms with E-state index in [4.69, 9.17) is 9.47 Å². The van der Waals surface area contributed by atoms with Crippen LogP contribution in [-0.4, -0.2) is 36.5 Å². The Morgan fingerprint density at radius 3 is 2.23 bits per heavy atom. The molecule has 3 fully saturated rings. The maximum Gasteiger partial charge on any atom is 0.306 e. The fraction of sp³-hybridized carbons (Fsp3) is 0.896. The fourth-order valence-corrected chi connectivity index (χ4v) is 11.7. The first-order chi connectivity index (χ1) is 25.1. The van der Waals surface area contributed by atoms with Gasteiger partial charge in [-0.2, -0.15) is 0 Å². The van der Waals surface area contributed by atoms with E-state index in [9.17, 15) is 9.90 Å². The number of aliphatic hydroxyl groups is 1. The first-order valence-electron chi connectivity index (χ1n) is 22.9. The SMILES string of the molecule is CCCCCCCCC=CCCCCCCCC(=O)OC(CO)COC1CC[C@@]2(C)C(=CCC3C2CC[C@@]2(C)C3CC[C@@H]2[C@H](C)CCCC(C)C)C1. The van der Waals surface area contributed by atoms with E-state index in [1.165, 1.54) is 128 Å². The summed E-state index contributed by atoms with van der Waals surface area (Å²) in [6.45, 7) is 15.0. The van der Waals surface area contributed by atoms with Gasteiger partial charge in [0.1, 0.15) is 6.10 Å². The number of hydrogen-bond acceptors (Lipinski definition) is 4. The van der Waals surface area contributed by atoms with Crippen molar-refractivity contribution in [3.63, 3.8) is 0 Å². The number of unbranched alkanes of at least 4 members (excludes halogenated alkanes) is 11. The monoisotopic (exact) mass is 725 g/mol. The molecule has 0 radical (unpaired) electrons. The van der Waals surface area contributed by atoms with Crippen molar-refractivity contribution in [2.24, 2.45) is 46.3 Å². The number of aliphatic hydroxyl groups excluding tert-OH is 1. The Bertz CT molecular complexity index is 1080. The van der Waals surface area contributed by atoms with Crippen molar-refractivity contribution in [1.29, 1.82) is 0 Å². The molecule has 0 aromatic heterocycles. The van der Waals surface area contributed by atoms with Gasteiger partial charge in [0, 0.05) is 6.42 Å². The molecule has 4 rings (SSSR count). The van der Waals surface area contributed by atoms with Gasteiger partial charge in [-0.05, 0) is 130 Å². The number of esters is 1. The van der Waals surface area contributed by atoms with E-state index in [2.05, 4.69) is 59.8 Å². The molecule has 4 heteroatoms. The summed E-state index contributed by atoms with van der Waals surface area (Å²) in [6, 6.07) is 0. The van der Waals surface area contributed by atoms with Crippen molar-refractivity contribution in [1.82, 2.24) is 0 Å². The lowest BCUT2D eigenvalue weighted by molar-refractivity contribution is -0.157. The highest BCUT2D eigenvalue weighted by Gasteiger charge is 2.59. The quantitative estimate of drug-likeness (QED) is 0.0578. The molecule has 1 N–H and O–H groups in total. The van der Waals surface area contributed by atoms with Gasteiger partial charge >= 0.3 is 5.97 Å². The second-order valence-electron chi connectivity index (χ2n) is 19.1. The van der Waals surface area contributed by atoms with Crippen molar-refractivity contribution in [3.05, 3.63) is 23.8 Å². The Balaban J connectivity index is 1.11. The smallest absolute Gasteiger partial charge is 0.306 e. The van der Waals surface area contributed by atoms with Crippen LogP contribution in [0, 0.1) is 46.3 Å². The number of ether oxygens (including phenoxy) is 2. The molecule has 4 nitrogen and oxygen atoms in total. The predicted octanol–water partition coefficient (Wildman–Crippen LogP) is 13.4. The summed E-state index contributed by atoms with van der Waals surface area (Å²) >= 11 is 0. The lowest BCUT2D eigenvalue weighted by atomic mass is 9.47. The van der Waals surface area contributed by atoms with Crippen LogP contribution in [0.1, 0.15) is 202 Å². The first-order valence-corrected chi connectivity index (χ1v) is 22.9. The third-order valence-electron chi connectivity index (χ3n) is 14.9. The predicted molar refractivity (Wildman–Crippen MR) is 219 cm³/mol. The van der Waals surface area contributed by atoms with Gasteiger partial charge in [0.25, 0.3) is 0 Å². The largest absolute Gasteiger partial charge is 0.457 e. The summed E-state index contributed by atoms with van der Waals surface area (Å²) in [6.07, 6.45) is 38.0. The van der Waals surface area contributed by atoms with Crippen molar-refractivity contribution < 1.29 is 19.4 Å². The Morgan fingerprint density at radius 2 is 1.54 bits per heavy atom. The minimum Gasteiger partial charge on any atom is -0.457 e. The van der Waals surface area contributed by atoms with Crippen LogP contribution in [0.2, 0.25) is 0 Å². The third-order valence-corrected chi connectivity index (χ3v) is 14.9. The molecule has 0 aromatic rings. The molecule has 52 heavy (non-hydrogen) atoms. The van der Waals surface area contributed by atoms with Gasteiger partial charge < -0.3 is 14.6 Å². The molecule has 0 aliphatic heterocycles. The fourth-order valence-electron chi connectivity index (χ4n) is 11.7. The summed E-state index contributed by atoms with van der Waals surface area (Å²) in [7, 11) is 0. The zero-order chi connectivity index (χ0) is 37.4. The Labute approximate surface area is 322 Å². The number of fused-ring (bicyclic) bond motifs is 5. The average molecular weight is 725 g/mol. The van der Waals surface area contributed by atoms with E-state index in [0.29, 0.717) is 23.9 Å². The van der Waals surface area contributed by atoms with Crippen LogP contribution in [0.3, 0.4) is 0 Å². The maximum atomic E-state index is 12.6. The highest BCUT2D eigenvalue weighted by atomic mass is 16.6. The Hall–Kier alpha value is -1.13. The Morgan fingerprint density at radius 1 is 0.846 bits per heavy atom. The number of rotatable bonds is 25. The van der Waals surface area contributed by atoms with Crippen LogP contribution in [0.4, 0.5) is 0 Å². The summed E-state index contributed by atoms with van der Waals surface area (Å²) in [5, 5.41) is 10.0. The van der Waals surface area contributed by atoms with E-state index in [1.54, 1.807) is 5.57 Å². The molecule has 3 saturated carbocycles. The van der Waals surface area contributed by atoms with Gasteiger partial charge in [0.15, 0.2) is 0 Å². The van der Waals surface area contributed by atoms with Gasteiger partial charge in [-0.3, -0.25) is 4.79 Å². The van der Waals surface area contributed by atoms with E-state index in [0.717, 1.165) is 61.2 Å². The molecular formula is C48H84O4. The van der Waals surface area contributed by atoms with Gasteiger partial charge in [-0.15, -0.1) is 0 Å². The van der Waals surface area contributed by atoms with Crippen molar-refractivity contribution in [3.8, 4) is 0 Å². The second-order valence-corrected chi connectivity index (χ2v) is 19.1. The summed E-state index contributed by atoms with van der Waals surface area (Å²) < 4.78 is 12.1. The number of hydrogen-bond donors (Lipinski definition) is 1. The summed E-state index contributed by atoms with van der Waals surface area (Å²) in [4.78, 5) is 12.6. The number of allylic oxidation sites excluding steroid dienone is 3. The standard InChI is InChI=1S/C48H84O4/c1-7-8-9-10-11-12-13-14-15-16-17-18-19-20-21-25-46(50)52-41(35-49)36-51-40-30-32-47(5)39(34-40)26-27-42-44-29-28-43(38(4)24-22-23-37(2)3)48(44,6)33-31-45(42)47/h14-15,26,37-38,40-45,49H,7-13,16-25,27-36H2,1-6H3/t38-,40?,41?,42?,43-,44?,45?,47+,48-/m1/s1. The topological polar surface area (TPSA) is 55.8 Å². The zero-order valence-electron chi connectivity index (χ0n) is 35.1. The van der Waals surface area contributed by atoms with Gasteiger partial charge in [-0.1, -0.05) is 136 Å². The van der Waals surface area contributed by atoms with Gasteiger partial charge in [0.05, 0.1) is 19.3 Å². The summed E-state index contributed by atoms with van der Waals surface area (Å²) in [5.41, 5.74) is 2.46. The molecule has 0 bridgehead atoms. The zero-order valence-corrected chi connectivity index (χ0v) is 35.1. The van der Waals surface area contributed by atoms with Gasteiger partial charge in [-0.25, -0.2) is 0 Å². The highest BCUT2D eigenvalue weighted by Crippen LogP contribution is 2.67. The highest BCUT2D eigenvalue weighted by molar-refractivity contribution is 5.69. The maximum absolute atomic E-state index is 12.6. The summed E-state index contributed by atoms with van der Waals surface area (Å²) in [5.74, 6) is 4.94. The lowest BCUT2D eigenvalue weighted by Gasteiger charge is -2.58. The van der Waals surface area contributed by atoms with E-state index in [1.807, 2.05) is 0 Å². The average Bonchev–Trinajstić information content (AvgIpc) is 3.48. The van der Waals surface area contributed by atoms with Crippen molar-refractivity contribution >= 4 is 5.97 Å². The third kappa shape index (κ3) is 12.4. The van der Waals surface area contributed by atoms with Crippen molar-refractivity contribution in [2.45, 2.75) is 214 Å². The molecule has 9 atom stereocenters. The molecule has 0 amide bonds. The molecule has 300 valence electrons. The number of carbonyl (C=O) groups excluding carboxylic acids is 1. The van der Waals surface area contributed by atoms with Gasteiger partial charge in [0.2, 0.25) is 0 Å². The molecule has 0 spiro atoms. The van der Waals surface area contributed by atoms with E-state index < -0.39 is 6.10 Å². The van der Waals surface area contributed by atoms with Crippen LogP contribution in [0.15, 0.2) is 23.8 Å². The second kappa shape index (κ2) is 22.4. The van der Waals surface area contributed by atoms with E-state index >= 15 is 0 Å². The van der Waals surface area contributed by atoms with Crippen molar-refractivity contribution in [2.75, 3.05) is 13.2 Å². The van der Waals surface area contributed by atoms with Crippen LogP contribution in [0.25, 0.3) is 0 Å². The molecule has 4 aliphatic carbocycles. The van der Waals surface area contributed by atoms with E-state index in [-0.39, 0.29) is 18.7 Å². The first kappa shape index (κ1) is 43.6. The van der Waals surface area contributed by atoms with Crippen LogP contribution in [-0.2, 0) is 14.3 Å². The van der Waals surface area contributed by atoms with Crippen LogP contribution in [0.5, 0.6) is 0 Å². The molecule has 5 unspecified atom stereocenters. The lowest BCUT2D eigenvalue weighted by Crippen LogP contribution is -2.51. The minimum atomic E-state index is -0.562. The molecule has 0 heterocycles. The Kier molecular flexibility index (Phi) is 18.8.